The molecule has 2 aromatic carbocycles. The molecule has 2 atom stereocenters. The minimum Gasteiger partial charge on any atom is -0.339 e. The Bertz CT molecular complexity index is 1480. The van der Waals surface area contributed by atoms with Gasteiger partial charge in [-0.2, -0.15) is 0 Å². The predicted octanol–water partition coefficient (Wildman–Crippen LogP) is 2.97. The van der Waals surface area contributed by atoms with Crippen LogP contribution in [0, 0.1) is 5.92 Å². The molecule has 4 rings (SSSR count). The van der Waals surface area contributed by atoms with Gasteiger partial charge in [-0.15, -0.1) is 0 Å². The van der Waals surface area contributed by atoms with Crippen LogP contribution in [0.3, 0.4) is 0 Å². The first-order valence-corrected chi connectivity index (χ1v) is 14.5. The largest absolute Gasteiger partial charge is 0.339 e. The van der Waals surface area contributed by atoms with E-state index in [0.29, 0.717) is 33.3 Å². The molecule has 1 aliphatic rings. The van der Waals surface area contributed by atoms with Crippen molar-refractivity contribution >= 4 is 50.3 Å². The zero-order valence-corrected chi connectivity index (χ0v) is 23.2. The summed E-state index contributed by atoms with van der Waals surface area (Å²) in [6.45, 7) is 4.14. The van der Waals surface area contributed by atoms with Crippen molar-refractivity contribution in [2.24, 2.45) is 5.92 Å². The van der Waals surface area contributed by atoms with Crippen LogP contribution in [-0.4, -0.2) is 65.5 Å². The van der Waals surface area contributed by atoms with Crippen LogP contribution in [0.2, 0.25) is 5.02 Å². The summed E-state index contributed by atoms with van der Waals surface area (Å²) in [5, 5.41) is 5.95. The second-order valence-corrected chi connectivity index (χ2v) is 12.0. The summed E-state index contributed by atoms with van der Waals surface area (Å²) >= 11 is 5.96. The van der Waals surface area contributed by atoms with E-state index in [0.717, 1.165) is 0 Å². The van der Waals surface area contributed by atoms with Gasteiger partial charge in [0, 0.05) is 5.02 Å². The minimum absolute atomic E-state index is 0.0166. The van der Waals surface area contributed by atoms with Gasteiger partial charge in [0.1, 0.15) is 17.8 Å². The zero-order chi connectivity index (χ0) is 28.2. The first-order valence-electron chi connectivity index (χ1n) is 12.7. The van der Waals surface area contributed by atoms with Gasteiger partial charge in [-0.1, -0.05) is 37.6 Å². The molecule has 1 aromatic heterocycles. The number of nitrogens with zero attached hydrogens (tertiary/aromatic N) is 3. The number of fused-ring (bicyclic) bond motifs is 1. The summed E-state index contributed by atoms with van der Waals surface area (Å²) in [4.78, 5) is 48.8. The standard InChI is InChI=1S/C27H30ClN5O5S/c1-17(2)14-22(32-26(35)23-15-30-20-6-3-4-7-21(20)31-23)27(36)33(24-8-5-13-29-16-25(24)34)39(37,38)19-11-9-18(28)10-12-19/h3-4,6-7,9-12,15,17,22,24,29H,5,8,13-14,16H2,1-2H3,(H,32,35)/t22-,24?/m0/s1. The number of halogens is 1. The van der Waals surface area contributed by atoms with Gasteiger partial charge in [0.25, 0.3) is 21.8 Å². The number of nitrogens with one attached hydrogen (secondary N) is 2. The third-order valence-electron chi connectivity index (χ3n) is 6.36. The number of para-hydroxylation sites is 2. The molecule has 2 N–H and O–H groups in total. The molecule has 3 aromatic rings. The number of benzene rings is 2. The summed E-state index contributed by atoms with van der Waals surface area (Å²) in [5.41, 5.74) is 1.09. The molecule has 0 aliphatic carbocycles. The second-order valence-electron chi connectivity index (χ2n) is 9.79. The van der Waals surface area contributed by atoms with Crippen molar-refractivity contribution in [1.82, 2.24) is 24.9 Å². The molecule has 1 saturated heterocycles. The fraction of sp³-hybridized carbons (Fsp3) is 0.370. The Balaban J connectivity index is 1.72. The number of amides is 2. The highest BCUT2D eigenvalue weighted by Crippen LogP contribution is 2.26. The van der Waals surface area contributed by atoms with E-state index >= 15 is 0 Å². The topological polar surface area (TPSA) is 138 Å². The number of carbonyl (C=O) groups is 3. The molecular formula is C27H30ClN5O5S. The van der Waals surface area contributed by atoms with E-state index in [1.165, 1.54) is 30.5 Å². The monoisotopic (exact) mass is 571 g/mol. The van der Waals surface area contributed by atoms with Crippen molar-refractivity contribution < 1.29 is 22.8 Å². The molecule has 2 heterocycles. The van der Waals surface area contributed by atoms with Crippen LogP contribution in [0.5, 0.6) is 0 Å². The number of hydrogen-bond donors (Lipinski definition) is 2. The molecular weight excluding hydrogens is 542 g/mol. The fourth-order valence-corrected chi connectivity index (χ4v) is 6.22. The van der Waals surface area contributed by atoms with Gasteiger partial charge in [0.2, 0.25) is 0 Å². The normalized spacial score (nSPS) is 17.0. The number of rotatable bonds is 8. The van der Waals surface area contributed by atoms with Crippen LogP contribution in [0.15, 0.2) is 59.6 Å². The molecule has 12 heteroatoms. The summed E-state index contributed by atoms with van der Waals surface area (Å²) in [7, 11) is -4.48. The van der Waals surface area contributed by atoms with E-state index in [4.69, 9.17) is 11.6 Å². The summed E-state index contributed by atoms with van der Waals surface area (Å²) < 4.78 is 28.4. The van der Waals surface area contributed by atoms with E-state index in [1.54, 1.807) is 24.3 Å². The van der Waals surface area contributed by atoms with Crippen molar-refractivity contribution in [2.75, 3.05) is 13.1 Å². The summed E-state index contributed by atoms with van der Waals surface area (Å²) in [5.74, 6) is -2.08. The Morgan fingerprint density at radius 1 is 1.13 bits per heavy atom. The predicted molar refractivity (Wildman–Crippen MR) is 147 cm³/mol. The highest BCUT2D eigenvalue weighted by Gasteiger charge is 2.43. The first-order chi connectivity index (χ1) is 18.6. The molecule has 206 valence electrons. The maximum Gasteiger partial charge on any atom is 0.272 e. The van der Waals surface area contributed by atoms with E-state index in [-0.39, 0.29) is 35.9 Å². The SMILES string of the molecule is CC(C)C[C@H](NC(=O)c1cnc2ccccc2n1)C(=O)N(C1CCCNCC1=O)S(=O)(=O)c1ccc(Cl)cc1. The van der Waals surface area contributed by atoms with Crippen molar-refractivity contribution in [2.45, 2.75) is 50.1 Å². The molecule has 0 radical (unpaired) electrons. The Morgan fingerprint density at radius 3 is 2.51 bits per heavy atom. The maximum absolute atomic E-state index is 14.1. The average molecular weight is 572 g/mol. The molecule has 0 saturated carbocycles. The van der Waals surface area contributed by atoms with Crippen LogP contribution < -0.4 is 10.6 Å². The van der Waals surface area contributed by atoms with E-state index in [1.807, 2.05) is 13.8 Å². The molecule has 1 fully saturated rings. The van der Waals surface area contributed by atoms with Crippen LogP contribution in [0.25, 0.3) is 11.0 Å². The summed E-state index contributed by atoms with van der Waals surface area (Å²) in [6, 6.07) is 9.96. The molecule has 10 nitrogen and oxygen atoms in total. The number of ketones is 1. The lowest BCUT2D eigenvalue weighted by atomic mass is 10.0. The quantitative estimate of drug-likeness (QED) is 0.421. The molecule has 0 bridgehead atoms. The van der Waals surface area contributed by atoms with Gasteiger partial charge in [-0.3, -0.25) is 19.4 Å². The molecule has 0 spiro atoms. The van der Waals surface area contributed by atoms with E-state index in [2.05, 4.69) is 20.6 Å². The smallest absolute Gasteiger partial charge is 0.272 e. The minimum atomic E-state index is -4.48. The number of Topliss-reactive ketones (excluding diaryl/α,β-unsaturated/α-hetero) is 1. The van der Waals surface area contributed by atoms with Gasteiger partial charge >= 0.3 is 0 Å². The van der Waals surface area contributed by atoms with Crippen molar-refractivity contribution in [1.29, 1.82) is 0 Å². The highest BCUT2D eigenvalue weighted by atomic mass is 35.5. The number of sulfonamides is 1. The second kappa shape index (κ2) is 12.2. The lowest BCUT2D eigenvalue weighted by Crippen LogP contribution is -2.56. The lowest BCUT2D eigenvalue weighted by Gasteiger charge is -2.33. The lowest BCUT2D eigenvalue weighted by molar-refractivity contribution is -0.135. The van der Waals surface area contributed by atoms with Gasteiger partial charge in [0.15, 0.2) is 5.78 Å². The average Bonchev–Trinajstić information content (AvgIpc) is 3.12. The van der Waals surface area contributed by atoms with Crippen molar-refractivity contribution in [3.8, 4) is 0 Å². The van der Waals surface area contributed by atoms with Crippen molar-refractivity contribution in [3.63, 3.8) is 0 Å². The molecule has 39 heavy (non-hydrogen) atoms. The molecule has 1 aliphatic heterocycles. The van der Waals surface area contributed by atoms with Crippen molar-refractivity contribution in [3.05, 3.63) is 65.4 Å². The fourth-order valence-electron chi connectivity index (χ4n) is 4.46. The van der Waals surface area contributed by atoms with E-state index < -0.39 is 39.7 Å². The van der Waals surface area contributed by atoms with Gasteiger partial charge in [0.05, 0.1) is 28.7 Å². The first kappa shape index (κ1) is 28.6. The third kappa shape index (κ3) is 6.60. The Labute approximate surface area is 232 Å². The van der Waals surface area contributed by atoms with Crippen LogP contribution in [0.1, 0.15) is 43.6 Å². The Morgan fingerprint density at radius 2 is 1.82 bits per heavy atom. The molecule has 1 unspecified atom stereocenters. The number of hydrogen-bond acceptors (Lipinski definition) is 8. The summed E-state index contributed by atoms with van der Waals surface area (Å²) in [6.07, 6.45) is 2.09. The van der Waals surface area contributed by atoms with Gasteiger partial charge < -0.3 is 10.6 Å². The van der Waals surface area contributed by atoms with E-state index in [9.17, 15) is 22.8 Å². The zero-order valence-electron chi connectivity index (χ0n) is 21.6. The number of carbonyl (C=O) groups excluding carboxylic acids is 3. The highest BCUT2D eigenvalue weighted by molar-refractivity contribution is 7.89. The van der Waals surface area contributed by atoms with Gasteiger partial charge in [-0.05, 0) is 68.1 Å². The van der Waals surface area contributed by atoms with Crippen LogP contribution >= 0.6 is 11.6 Å². The maximum atomic E-state index is 14.1. The third-order valence-corrected chi connectivity index (χ3v) is 8.44. The molecule has 2 amide bonds. The van der Waals surface area contributed by atoms with Gasteiger partial charge in [-0.25, -0.2) is 17.7 Å². The Hall–Kier alpha value is -3.41. The van der Waals surface area contributed by atoms with Crippen LogP contribution in [-0.2, 0) is 19.6 Å². The number of aromatic nitrogens is 2. The van der Waals surface area contributed by atoms with Crippen LogP contribution in [0.4, 0.5) is 0 Å². The Kier molecular flexibility index (Phi) is 8.94.